The lowest BCUT2D eigenvalue weighted by Gasteiger charge is -2.04. The van der Waals surface area contributed by atoms with Crippen LogP contribution in [-0.4, -0.2) is 15.7 Å². The zero-order chi connectivity index (χ0) is 19.2. The number of amides is 1. The van der Waals surface area contributed by atoms with Crippen LogP contribution in [0.25, 0.3) is 6.08 Å². The Labute approximate surface area is 164 Å². The Morgan fingerprint density at radius 1 is 1.15 bits per heavy atom. The van der Waals surface area contributed by atoms with E-state index in [1.165, 1.54) is 11.6 Å². The average molecular weight is 380 g/mol. The molecule has 138 valence electrons. The Morgan fingerprint density at radius 2 is 1.89 bits per heavy atom. The highest BCUT2D eigenvalue weighted by atomic mass is 35.5. The van der Waals surface area contributed by atoms with Crippen molar-refractivity contribution >= 4 is 29.4 Å². The minimum atomic E-state index is -0.217. The molecule has 0 aliphatic heterocycles. The number of carbonyl (C=O) groups excluding carboxylic acids is 1. The van der Waals surface area contributed by atoms with E-state index < -0.39 is 0 Å². The molecule has 3 aromatic rings. The fourth-order valence-corrected chi connectivity index (χ4v) is 2.84. The molecule has 0 saturated carbocycles. The van der Waals surface area contributed by atoms with Crippen LogP contribution in [0.15, 0.2) is 66.9 Å². The number of hydrogen-bond acceptors (Lipinski definition) is 2. The zero-order valence-electron chi connectivity index (χ0n) is 15.4. The fraction of sp³-hybridized carbons (Fsp3) is 0.182. The molecule has 0 fully saturated rings. The van der Waals surface area contributed by atoms with Crippen LogP contribution < -0.4 is 5.32 Å². The van der Waals surface area contributed by atoms with Crippen molar-refractivity contribution in [2.45, 2.75) is 26.3 Å². The lowest BCUT2D eigenvalue weighted by atomic mass is 10.0. The lowest BCUT2D eigenvalue weighted by molar-refractivity contribution is -0.111. The Kier molecular flexibility index (Phi) is 6.09. The summed E-state index contributed by atoms with van der Waals surface area (Å²) in [5, 5.41) is 7.84. The molecule has 5 heteroatoms. The van der Waals surface area contributed by atoms with Crippen LogP contribution in [0.5, 0.6) is 0 Å². The Hall–Kier alpha value is -2.85. The molecule has 1 amide bonds. The summed E-state index contributed by atoms with van der Waals surface area (Å²) in [6.45, 7) is 4.86. The predicted octanol–water partition coefficient (Wildman–Crippen LogP) is 5.36. The van der Waals surface area contributed by atoms with Gasteiger partial charge in [0.1, 0.15) is 0 Å². The van der Waals surface area contributed by atoms with E-state index in [1.54, 1.807) is 16.8 Å². The maximum absolute atomic E-state index is 12.1. The van der Waals surface area contributed by atoms with Gasteiger partial charge in [0.15, 0.2) is 5.82 Å². The second kappa shape index (κ2) is 8.69. The number of halogens is 1. The molecule has 3 rings (SSSR count). The van der Waals surface area contributed by atoms with Crippen molar-refractivity contribution in [3.05, 3.63) is 88.6 Å². The highest BCUT2D eigenvalue weighted by Crippen LogP contribution is 2.17. The van der Waals surface area contributed by atoms with Crippen LogP contribution in [0, 0.1) is 0 Å². The number of aromatic nitrogens is 2. The van der Waals surface area contributed by atoms with E-state index in [4.69, 9.17) is 11.6 Å². The van der Waals surface area contributed by atoms with E-state index >= 15 is 0 Å². The summed E-state index contributed by atoms with van der Waals surface area (Å²) in [5.74, 6) is 0.782. The molecule has 0 saturated heterocycles. The maximum atomic E-state index is 12.1. The van der Waals surface area contributed by atoms with E-state index in [9.17, 15) is 4.79 Å². The largest absolute Gasteiger partial charge is 0.306 e. The minimum absolute atomic E-state index is 0.217. The van der Waals surface area contributed by atoms with Gasteiger partial charge in [-0.1, -0.05) is 67.9 Å². The molecule has 2 aromatic carbocycles. The molecule has 1 N–H and O–H groups in total. The van der Waals surface area contributed by atoms with Gasteiger partial charge < -0.3 is 5.32 Å². The van der Waals surface area contributed by atoms with Crippen LogP contribution in [0.4, 0.5) is 5.82 Å². The van der Waals surface area contributed by atoms with E-state index in [0.717, 1.165) is 11.1 Å². The van der Waals surface area contributed by atoms with Gasteiger partial charge >= 0.3 is 0 Å². The standard InChI is InChI=1S/C22H22ClN3O/c1-16(2)18-10-7-17(8-11-18)9-12-22(27)24-21-13-14-26(25-21)15-19-5-3-4-6-20(19)23/h3-14,16H,15H2,1-2H3,(H,24,25,27)/b12-9+. The summed E-state index contributed by atoms with van der Waals surface area (Å²) in [7, 11) is 0. The second-order valence-electron chi connectivity index (χ2n) is 6.63. The summed E-state index contributed by atoms with van der Waals surface area (Å²) in [5.41, 5.74) is 3.24. The van der Waals surface area contributed by atoms with Gasteiger partial charge in [0.25, 0.3) is 0 Å². The molecule has 0 unspecified atom stereocenters. The molecule has 27 heavy (non-hydrogen) atoms. The molecule has 4 nitrogen and oxygen atoms in total. The van der Waals surface area contributed by atoms with Crippen molar-refractivity contribution in [2.75, 3.05) is 5.32 Å². The van der Waals surface area contributed by atoms with Crippen molar-refractivity contribution in [2.24, 2.45) is 0 Å². The predicted molar refractivity (Wildman–Crippen MR) is 111 cm³/mol. The number of rotatable bonds is 6. The summed E-state index contributed by atoms with van der Waals surface area (Å²) in [4.78, 5) is 12.1. The van der Waals surface area contributed by atoms with Gasteiger partial charge in [-0.15, -0.1) is 0 Å². The molecule has 1 heterocycles. The van der Waals surface area contributed by atoms with E-state index in [2.05, 4.69) is 36.4 Å². The Bertz CT molecular complexity index is 942. The number of hydrogen-bond donors (Lipinski definition) is 1. The van der Waals surface area contributed by atoms with E-state index in [-0.39, 0.29) is 5.91 Å². The van der Waals surface area contributed by atoms with Crippen molar-refractivity contribution in [1.29, 1.82) is 0 Å². The number of nitrogens with one attached hydrogen (secondary N) is 1. The second-order valence-corrected chi connectivity index (χ2v) is 7.04. The number of benzene rings is 2. The molecule has 0 atom stereocenters. The van der Waals surface area contributed by atoms with Crippen molar-refractivity contribution in [3.63, 3.8) is 0 Å². The van der Waals surface area contributed by atoms with Crippen LogP contribution in [0.1, 0.15) is 36.5 Å². The third-order valence-corrected chi connectivity index (χ3v) is 4.58. The minimum Gasteiger partial charge on any atom is -0.306 e. The third-order valence-electron chi connectivity index (χ3n) is 4.21. The normalized spacial score (nSPS) is 11.3. The number of anilines is 1. The van der Waals surface area contributed by atoms with E-state index in [0.29, 0.717) is 23.3 Å². The number of carbonyl (C=O) groups is 1. The molecule has 0 aliphatic carbocycles. The van der Waals surface area contributed by atoms with E-state index in [1.807, 2.05) is 42.6 Å². The summed E-state index contributed by atoms with van der Waals surface area (Å²) < 4.78 is 1.74. The monoisotopic (exact) mass is 379 g/mol. The smallest absolute Gasteiger partial charge is 0.249 e. The van der Waals surface area contributed by atoms with Gasteiger partial charge in [0, 0.05) is 23.4 Å². The van der Waals surface area contributed by atoms with Gasteiger partial charge in [-0.05, 0) is 34.8 Å². The molecule has 1 aromatic heterocycles. The van der Waals surface area contributed by atoms with Crippen LogP contribution >= 0.6 is 11.6 Å². The maximum Gasteiger partial charge on any atom is 0.249 e. The highest BCUT2D eigenvalue weighted by molar-refractivity contribution is 6.31. The molecule has 0 spiro atoms. The van der Waals surface area contributed by atoms with Gasteiger partial charge in [-0.2, -0.15) is 5.10 Å². The van der Waals surface area contributed by atoms with Crippen LogP contribution in [-0.2, 0) is 11.3 Å². The Morgan fingerprint density at radius 3 is 2.59 bits per heavy atom. The molecular weight excluding hydrogens is 358 g/mol. The first-order chi connectivity index (χ1) is 13.0. The molecular formula is C22H22ClN3O. The molecule has 0 radical (unpaired) electrons. The summed E-state index contributed by atoms with van der Waals surface area (Å²) in [6, 6.07) is 17.6. The molecule has 0 bridgehead atoms. The van der Waals surface area contributed by atoms with Crippen molar-refractivity contribution in [3.8, 4) is 0 Å². The van der Waals surface area contributed by atoms with Gasteiger partial charge in [0.05, 0.1) is 6.54 Å². The first kappa shape index (κ1) is 18.9. The average Bonchev–Trinajstić information content (AvgIpc) is 3.09. The first-order valence-electron chi connectivity index (χ1n) is 8.87. The van der Waals surface area contributed by atoms with Crippen LogP contribution in [0.3, 0.4) is 0 Å². The number of nitrogens with zero attached hydrogens (tertiary/aromatic N) is 2. The molecule has 0 aliphatic rings. The summed E-state index contributed by atoms with van der Waals surface area (Å²) in [6.07, 6.45) is 5.12. The SMILES string of the molecule is CC(C)c1ccc(/C=C/C(=O)Nc2ccn(Cc3ccccc3Cl)n2)cc1. The van der Waals surface area contributed by atoms with Gasteiger partial charge in [-0.25, -0.2) is 0 Å². The zero-order valence-corrected chi connectivity index (χ0v) is 16.1. The highest BCUT2D eigenvalue weighted by Gasteiger charge is 2.05. The fourth-order valence-electron chi connectivity index (χ4n) is 2.65. The Balaban J connectivity index is 1.58. The van der Waals surface area contributed by atoms with Crippen molar-refractivity contribution < 1.29 is 4.79 Å². The van der Waals surface area contributed by atoms with Crippen molar-refractivity contribution in [1.82, 2.24) is 9.78 Å². The lowest BCUT2D eigenvalue weighted by Crippen LogP contribution is -2.09. The third kappa shape index (κ3) is 5.31. The first-order valence-corrected chi connectivity index (χ1v) is 9.25. The topological polar surface area (TPSA) is 46.9 Å². The van der Waals surface area contributed by atoms with Gasteiger partial charge in [0.2, 0.25) is 5.91 Å². The summed E-state index contributed by atoms with van der Waals surface area (Å²) >= 11 is 6.17. The van der Waals surface area contributed by atoms with Crippen LogP contribution in [0.2, 0.25) is 5.02 Å². The quantitative estimate of drug-likeness (QED) is 0.586. The van der Waals surface area contributed by atoms with Gasteiger partial charge in [-0.3, -0.25) is 9.48 Å².